The Morgan fingerprint density at radius 1 is 0.468 bits per heavy atom. The number of furan rings is 1. The SMILES string of the molecule is [C-]#[N+]c1ccc(-c2ccc3c(oc4ccccc43)c2-c2nc(-c3ccccc3)nc(-c3cc4ccccc4c4ccccc34)n2)cc1. The van der Waals surface area contributed by atoms with E-state index >= 15 is 0 Å². The van der Waals surface area contributed by atoms with Crippen LogP contribution in [0.15, 0.2) is 150 Å². The lowest BCUT2D eigenvalue weighted by Crippen LogP contribution is -2.02. The summed E-state index contributed by atoms with van der Waals surface area (Å²) in [6.07, 6.45) is 0. The Kier molecular flexibility index (Phi) is 6.12. The Hall–Kier alpha value is -6.64. The van der Waals surface area contributed by atoms with E-state index in [-0.39, 0.29) is 0 Å². The first-order valence-corrected chi connectivity index (χ1v) is 15.4. The molecule has 0 saturated heterocycles. The van der Waals surface area contributed by atoms with Crippen molar-refractivity contribution in [2.45, 2.75) is 0 Å². The number of rotatable bonds is 4. The van der Waals surface area contributed by atoms with Crippen LogP contribution >= 0.6 is 0 Å². The Labute approximate surface area is 270 Å². The van der Waals surface area contributed by atoms with Crippen molar-refractivity contribution < 1.29 is 4.42 Å². The quantitative estimate of drug-likeness (QED) is 0.149. The van der Waals surface area contributed by atoms with Crippen LogP contribution in [0.25, 0.3) is 93.6 Å². The predicted octanol–water partition coefficient (Wildman–Crippen LogP) is 11.3. The Morgan fingerprint density at radius 3 is 1.94 bits per heavy atom. The molecule has 9 aromatic rings. The van der Waals surface area contributed by atoms with Gasteiger partial charge in [0.15, 0.2) is 23.2 Å². The van der Waals surface area contributed by atoms with Crippen molar-refractivity contribution in [3.63, 3.8) is 0 Å². The monoisotopic (exact) mass is 600 g/mol. The van der Waals surface area contributed by atoms with Gasteiger partial charge in [0.25, 0.3) is 0 Å². The molecule has 0 radical (unpaired) electrons. The van der Waals surface area contributed by atoms with Gasteiger partial charge < -0.3 is 4.42 Å². The topological polar surface area (TPSA) is 56.2 Å². The van der Waals surface area contributed by atoms with Crippen LogP contribution in [0.2, 0.25) is 0 Å². The lowest BCUT2D eigenvalue weighted by Gasteiger charge is -2.14. The average Bonchev–Trinajstić information content (AvgIpc) is 3.53. The lowest BCUT2D eigenvalue weighted by atomic mass is 9.95. The largest absolute Gasteiger partial charge is 0.455 e. The van der Waals surface area contributed by atoms with E-state index in [0.717, 1.165) is 60.3 Å². The molecule has 0 amide bonds. The summed E-state index contributed by atoms with van der Waals surface area (Å²) in [4.78, 5) is 19.1. The molecule has 218 valence electrons. The van der Waals surface area contributed by atoms with Gasteiger partial charge in [-0.15, -0.1) is 0 Å². The molecular formula is C42H24N4O. The van der Waals surface area contributed by atoms with Crippen LogP contribution in [0.3, 0.4) is 0 Å². The molecule has 9 rings (SSSR count). The molecule has 0 aliphatic heterocycles. The third kappa shape index (κ3) is 4.43. The number of nitrogens with zero attached hydrogens (tertiary/aromatic N) is 4. The van der Waals surface area contributed by atoms with E-state index in [9.17, 15) is 0 Å². The number of benzene rings is 7. The molecule has 0 bridgehead atoms. The lowest BCUT2D eigenvalue weighted by molar-refractivity contribution is 0.669. The highest BCUT2D eigenvalue weighted by molar-refractivity contribution is 6.14. The molecule has 2 aromatic heterocycles. The van der Waals surface area contributed by atoms with Gasteiger partial charge in [0.2, 0.25) is 0 Å². The third-order valence-electron chi connectivity index (χ3n) is 8.75. The van der Waals surface area contributed by atoms with Crippen LogP contribution in [0.1, 0.15) is 0 Å². The van der Waals surface area contributed by atoms with Crippen molar-refractivity contribution in [3.05, 3.63) is 157 Å². The second-order valence-corrected chi connectivity index (χ2v) is 11.5. The van der Waals surface area contributed by atoms with E-state index in [4.69, 9.17) is 25.9 Å². The zero-order chi connectivity index (χ0) is 31.3. The highest BCUT2D eigenvalue weighted by Gasteiger charge is 2.23. The van der Waals surface area contributed by atoms with Crippen LogP contribution in [0.5, 0.6) is 0 Å². The zero-order valence-corrected chi connectivity index (χ0v) is 25.1. The van der Waals surface area contributed by atoms with Crippen LogP contribution in [0.4, 0.5) is 5.69 Å². The van der Waals surface area contributed by atoms with Gasteiger partial charge in [-0.25, -0.2) is 19.8 Å². The molecule has 5 heteroatoms. The maximum Gasteiger partial charge on any atom is 0.187 e. The molecule has 0 N–H and O–H groups in total. The average molecular weight is 601 g/mol. The molecule has 0 aliphatic carbocycles. The highest BCUT2D eigenvalue weighted by Crippen LogP contribution is 2.42. The van der Waals surface area contributed by atoms with E-state index in [1.165, 1.54) is 5.39 Å². The number of para-hydroxylation sites is 1. The molecule has 5 nitrogen and oxygen atoms in total. The summed E-state index contributed by atoms with van der Waals surface area (Å²) in [7, 11) is 0. The Balaban J connectivity index is 1.40. The summed E-state index contributed by atoms with van der Waals surface area (Å²) in [6, 6.07) is 48.9. The summed E-state index contributed by atoms with van der Waals surface area (Å²) in [5.74, 6) is 1.67. The Morgan fingerprint density at radius 2 is 1.13 bits per heavy atom. The fourth-order valence-corrected chi connectivity index (χ4v) is 6.53. The summed E-state index contributed by atoms with van der Waals surface area (Å²) < 4.78 is 6.62. The van der Waals surface area contributed by atoms with Crippen molar-refractivity contribution >= 4 is 49.2 Å². The maximum absolute atomic E-state index is 7.47. The minimum atomic E-state index is 0.514. The van der Waals surface area contributed by atoms with E-state index in [0.29, 0.717) is 28.7 Å². The molecule has 0 unspecified atom stereocenters. The fourth-order valence-electron chi connectivity index (χ4n) is 6.53. The molecule has 0 atom stereocenters. The minimum absolute atomic E-state index is 0.514. The predicted molar refractivity (Wildman–Crippen MR) is 190 cm³/mol. The summed E-state index contributed by atoms with van der Waals surface area (Å²) in [5.41, 5.74) is 6.53. The van der Waals surface area contributed by atoms with Gasteiger partial charge in [0.05, 0.1) is 12.1 Å². The summed E-state index contributed by atoms with van der Waals surface area (Å²) in [5, 5.41) is 6.52. The molecule has 0 saturated carbocycles. The molecule has 2 heterocycles. The maximum atomic E-state index is 7.47. The molecular weight excluding hydrogens is 576 g/mol. The Bertz CT molecular complexity index is 2690. The van der Waals surface area contributed by atoms with E-state index in [2.05, 4.69) is 77.6 Å². The van der Waals surface area contributed by atoms with E-state index < -0.39 is 0 Å². The summed E-state index contributed by atoms with van der Waals surface area (Å²) >= 11 is 0. The first kappa shape index (κ1) is 26.7. The molecule has 7 aromatic carbocycles. The van der Waals surface area contributed by atoms with Gasteiger partial charge in [-0.1, -0.05) is 127 Å². The van der Waals surface area contributed by atoms with Gasteiger partial charge >= 0.3 is 0 Å². The number of fused-ring (bicyclic) bond motifs is 6. The van der Waals surface area contributed by atoms with Crippen LogP contribution in [-0.2, 0) is 0 Å². The first-order chi connectivity index (χ1) is 23.2. The fraction of sp³-hybridized carbons (Fsp3) is 0. The van der Waals surface area contributed by atoms with Crippen LogP contribution < -0.4 is 0 Å². The highest BCUT2D eigenvalue weighted by atomic mass is 16.3. The normalized spacial score (nSPS) is 11.4. The second kappa shape index (κ2) is 10.8. The smallest absolute Gasteiger partial charge is 0.187 e. The third-order valence-corrected chi connectivity index (χ3v) is 8.75. The number of aromatic nitrogens is 3. The first-order valence-electron chi connectivity index (χ1n) is 15.4. The summed E-state index contributed by atoms with van der Waals surface area (Å²) in [6.45, 7) is 7.47. The standard InChI is InChI=1S/C42H24N4O/c1-43-29-21-19-26(20-22-29)31-23-24-35-34-17-9-10-18-37(34)47-39(35)38(31)42-45-40(27-11-3-2-4-12-27)44-41(46-42)36-25-28-13-5-6-14-30(28)32-15-7-8-16-33(32)36/h2-25H. The van der Waals surface area contributed by atoms with Crippen molar-refractivity contribution in [3.8, 4) is 45.3 Å². The van der Waals surface area contributed by atoms with Crippen molar-refractivity contribution in [2.24, 2.45) is 0 Å². The van der Waals surface area contributed by atoms with Crippen molar-refractivity contribution in [1.82, 2.24) is 15.0 Å². The molecule has 0 fully saturated rings. The van der Waals surface area contributed by atoms with Gasteiger partial charge in [-0.2, -0.15) is 0 Å². The zero-order valence-electron chi connectivity index (χ0n) is 25.1. The second-order valence-electron chi connectivity index (χ2n) is 11.5. The minimum Gasteiger partial charge on any atom is -0.455 e. The van der Waals surface area contributed by atoms with Gasteiger partial charge in [-0.05, 0) is 50.9 Å². The molecule has 0 spiro atoms. The van der Waals surface area contributed by atoms with Gasteiger partial charge in [-0.3, -0.25) is 0 Å². The number of hydrogen-bond acceptors (Lipinski definition) is 4. The molecule has 0 aliphatic rings. The van der Waals surface area contributed by atoms with Crippen molar-refractivity contribution in [1.29, 1.82) is 0 Å². The number of hydrogen-bond donors (Lipinski definition) is 0. The van der Waals surface area contributed by atoms with E-state index in [1.807, 2.05) is 72.8 Å². The van der Waals surface area contributed by atoms with E-state index in [1.54, 1.807) is 0 Å². The van der Waals surface area contributed by atoms with Crippen LogP contribution in [-0.4, -0.2) is 15.0 Å². The van der Waals surface area contributed by atoms with Crippen LogP contribution in [0, 0.1) is 6.57 Å². The van der Waals surface area contributed by atoms with Crippen molar-refractivity contribution in [2.75, 3.05) is 0 Å². The van der Waals surface area contributed by atoms with Gasteiger partial charge in [0, 0.05) is 21.9 Å². The van der Waals surface area contributed by atoms with Gasteiger partial charge in [0.1, 0.15) is 11.2 Å². The molecule has 47 heavy (non-hydrogen) atoms.